The predicted molar refractivity (Wildman–Crippen MR) is 62.9 cm³/mol. The van der Waals surface area contributed by atoms with Gasteiger partial charge < -0.3 is 10.8 Å². The van der Waals surface area contributed by atoms with Crippen LogP contribution in [0, 0.1) is 17.1 Å². The highest BCUT2D eigenvalue weighted by Gasteiger charge is 2.12. The van der Waals surface area contributed by atoms with Gasteiger partial charge in [-0.25, -0.2) is 4.39 Å². The van der Waals surface area contributed by atoms with Gasteiger partial charge in [0, 0.05) is 11.5 Å². The number of carboxylic acid groups (broad SMARTS) is 1. The molecule has 17 heavy (non-hydrogen) atoms. The van der Waals surface area contributed by atoms with Crippen molar-refractivity contribution in [3.8, 4) is 6.07 Å². The van der Waals surface area contributed by atoms with E-state index in [0.29, 0.717) is 16.9 Å². The summed E-state index contributed by atoms with van der Waals surface area (Å²) in [5, 5.41) is 17.4. The Labute approximate surface area is 102 Å². The molecule has 3 N–H and O–H groups in total. The van der Waals surface area contributed by atoms with E-state index in [1.54, 1.807) is 0 Å². The second-order valence-corrected chi connectivity index (χ2v) is 4.40. The fourth-order valence-corrected chi connectivity index (χ4v) is 2.13. The third kappa shape index (κ3) is 4.06. The number of nitrogens with two attached hydrogens (primary N) is 1. The van der Waals surface area contributed by atoms with E-state index < -0.39 is 17.8 Å². The molecule has 90 valence electrons. The van der Waals surface area contributed by atoms with E-state index in [4.69, 9.17) is 16.1 Å². The molecule has 0 aromatic heterocycles. The molecule has 4 nitrogen and oxygen atoms in total. The second-order valence-electron chi connectivity index (χ2n) is 3.37. The Hall–Kier alpha value is -1.58. The van der Waals surface area contributed by atoms with Crippen molar-refractivity contribution in [2.45, 2.75) is 11.8 Å². The average Bonchev–Trinajstić information content (AvgIpc) is 2.29. The fraction of sp³-hybridized carbons (Fsp3) is 0.273. The molecule has 0 aliphatic heterocycles. The molecule has 1 aromatic rings. The molecule has 0 fully saturated rings. The van der Waals surface area contributed by atoms with Crippen molar-refractivity contribution >= 4 is 17.7 Å². The first kappa shape index (κ1) is 13.5. The average molecular weight is 254 g/mol. The molecule has 0 heterocycles. The van der Waals surface area contributed by atoms with Crippen molar-refractivity contribution in [1.82, 2.24) is 0 Å². The molecule has 0 bridgehead atoms. The van der Waals surface area contributed by atoms with Gasteiger partial charge in [0.25, 0.3) is 0 Å². The molecule has 1 aromatic carbocycles. The Kier molecular flexibility index (Phi) is 4.94. The Bertz CT molecular complexity index is 459. The predicted octanol–water partition coefficient (Wildman–Crippen LogP) is 1.34. The van der Waals surface area contributed by atoms with Crippen LogP contribution in [0.25, 0.3) is 0 Å². The van der Waals surface area contributed by atoms with E-state index in [0.717, 1.165) is 0 Å². The van der Waals surface area contributed by atoms with Crippen LogP contribution in [-0.4, -0.2) is 22.9 Å². The molecule has 0 aliphatic rings. The fourth-order valence-electron chi connectivity index (χ4n) is 1.16. The van der Waals surface area contributed by atoms with Gasteiger partial charge in [0.1, 0.15) is 11.9 Å². The zero-order valence-corrected chi connectivity index (χ0v) is 9.71. The summed E-state index contributed by atoms with van der Waals surface area (Å²) in [6.45, 7) is 0. The number of halogens is 1. The van der Waals surface area contributed by atoms with E-state index in [1.807, 2.05) is 6.07 Å². The number of aliphatic carboxylic acids is 1. The van der Waals surface area contributed by atoms with Crippen LogP contribution in [0.4, 0.5) is 4.39 Å². The zero-order valence-electron chi connectivity index (χ0n) is 8.89. The largest absolute Gasteiger partial charge is 0.480 e. The van der Waals surface area contributed by atoms with Gasteiger partial charge in [-0.2, -0.15) is 17.0 Å². The lowest BCUT2D eigenvalue weighted by molar-refractivity contribution is -0.137. The zero-order chi connectivity index (χ0) is 12.8. The smallest absolute Gasteiger partial charge is 0.321 e. The van der Waals surface area contributed by atoms with Crippen LogP contribution in [0.2, 0.25) is 0 Å². The molecule has 0 saturated heterocycles. The van der Waals surface area contributed by atoms with Crippen molar-refractivity contribution < 1.29 is 14.3 Å². The van der Waals surface area contributed by atoms with Crippen LogP contribution < -0.4 is 5.73 Å². The van der Waals surface area contributed by atoms with Crippen molar-refractivity contribution in [1.29, 1.82) is 5.26 Å². The van der Waals surface area contributed by atoms with Gasteiger partial charge in [-0.05, 0) is 23.8 Å². The lowest BCUT2D eigenvalue weighted by atomic mass is 10.1. The van der Waals surface area contributed by atoms with E-state index in [1.165, 1.54) is 30.0 Å². The van der Waals surface area contributed by atoms with Gasteiger partial charge in [0.15, 0.2) is 0 Å². The highest BCUT2D eigenvalue weighted by molar-refractivity contribution is 7.98. The third-order valence-electron chi connectivity index (χ3n) is 2.06. The number of rotatable bonds is 5. The second kappa shape index (κ2) is 6.23. The third-order valence-corrected chi connectivity index (χ3v) is 3.17. The van der Waals surface area contributed by atoms with Gasteiger partial charge in [0.05, 0.1) is 11.6 Å². The van der Waals surface area contributed by atoms with Gasteiger partial charge in [-0.3, -0.25) is 4.79 Å². The number of hydrogen-bond donors (Lipinski definition) is 2. The van der Waals surface area contributed by atoms with Gasteiger partial charge in [0.2, 0.25) is 0 Å². The summed E-state index contributed by atoms with van der Waals surface area (Å²) < 4.78 is 13.0. The van der Waals surface area contributed by atoms with Crippen LogP contribution in [0.15, 0.2) is 18.2 Å². The van der Waals surface area contributed by atoms with Crippen LogP contribution in [0.1, 0.15) is 11.1 Å². The maximum absolute atomic E-state index is 13.0. The highest BCUT2D eigenvalue weighted by Crippen LogP contribution is 2.18. The summed E-state index contributed by atoms with van der Waals surface area (Å²) in [6.07, 6.45) is 0. The number of benzene rings is 1. The summed E-state index contributed by atoms with van der Waals surface area (Å²) in [7, 11) is 0. The highest BCUT2D eigenvalue weighted by atomic mass is 32.2. The minimum Gasteiger partial charge on any atom is -0.480 e. The van der Waals surface area contributed by atoms with Crippen molar-refractivity contribution in [3.63, 3.8) is 0 Å². The molecular formula is C11H11FN2O2S. The minimum absolute atomic E-state index is 0.219. The van der Waals surface area contributed by atoms with E-state index in [-0.39, 0.29) is 5.75 Å². The maximum atomic E-state index is 13.0. The van der Waals surface area contributed by atoms with Crippen molar-refractivity contribution in [2.24, 2.45) is 5.73 Å². The summed E-state index contributed by atoms with van der Waals surface area (Å²) in [5.41, 5.74) is 6.26. The quantitative estimate of drug-likeness (QED) is 0.828. The first-order chi connectivity index (χ1) is 8.04. The Morgan fingerprint density at radius 3 is 2.94 bits per heavy atom. The Balaban J connectivity index is 2.60. The molecule has 1 rings (SSSR count). The number of thioether (sulfide) groups is 1. The molecule has 0 spiro atoms. The first-order valence-corrected chi connectivity index (χ1v) is 5.94. The van der Waals surface area contributed by atoms with Gasteiger partial charge >= 0.3 is 5.97 Å². The normalized spacial score (nSPS) is 11.8. The number of nitriles is 1. The monoisotopic (exact) mass is 254 g/mol. The molecular weight excluding hydrogens is 243 g/mol. The summed E-state index contributed by atoms with van der Waals surface area (Å²) >= 11 is 1.26. The van der Waals surface area contributed by atoms with Crippen LogP contribution in [0.5, 0.6) is 0 Å². The molecule has 6 heteroatoms. The molecule has 0 aliphatic carbocycles. The molecule has 0 saturated carbocycles. The first-order valence-electron chi connectivity index (χ1n) is 4.79. The van der Waals surface area contributed by atoms with Gasteiger partial charge in [-0.1, -0.05) is 0 Å². The van der Waals surface area contributed by atoms with E-state index >= 15 is 0 Å². The Morgan fingerprint density at radius 2 is 2.35 bits per heavy atom. The number of hydrogen-bond acceptors (Lipinski definition) is 4. The summed E-state index contributed by atoms with van der Waals surface area (Å²) in [6, 6.07) is 4.91. The summed E-state index contributed by atoms with van der Waals surface area (Å²) in [4.78, 5) is 10.5. The molecule has 0 radical (unpaired) electrons. The molecule has 1 atom stereocenters. The number of nitrogens with zero attached hydrogens (tertiary/aromatic N) is 1. The van der Waals surface area contributed by atoms with Crippen molar-refractivity contribution in [3.05, 3.63) is 35.1 Å². The number of carboxylic acids is 1. The van der Waals surface area contributed by atoms with E-state index in [9.17, 15) is 9.18 Å². The summed E-state index contributed by atoms with van der Waals surface area (Å²) in [5.74, 6) is -0.905. The Morgan fingerprint density at radius 1 is 1.65 bits per heavy atom. The standard InChI is InChI=1S/C11H11FN2O2S/c12-9-2-1-7(4-13)8(3-9)5-17-6-10(14)11(15)16/h1-3,10H,5-6,14H2,(H,15,16). The van der Waals surface area contributed by atoms with Crippen LogP contribution in [-0.2, 0) is 10.5 Å². The van der Waals surface area contributed by atoms with Crippen LogP contribution in [0.3, 0.4) is 0 Å². The van der Waals surface area contributed by atoms with Crippen molar-refractivity contribution in [2.75, 3.05) is 5.75 Å². The maximum Gasteiger partial charge on any atom is 0.321 e. The van der Waals surface area contributed by atoms with Gasteiger partial charge in [-0.15, -0.1) is 0 Å². The van der Waals surface area contributed by atoms with Crippen LogP contribution >= 0.6 is 11.8 Å². The lowest BCUT2D eigenvalue weighted by Crippen LogP contribution is -2.32. The SMILES string of the molecule is N#Cc1ccc(F)cc1CSCC(N)C(=O)O. The minimum atomic E-state index is -1.07. The number of carbonyl (C=O) groups is 1. The van der Waals surface area contributed by atoms with E-state index in [2.05, 4.69) is 0 Å². The molecule has 0 amide bonds. The molecule has 1 unspecified atom stereocenters. The lowest BCUT2D eigenvalue weighted by Gasteiger charge is -2.07. The topological polar surface area (TPSA) is 87.1 Å².